The van der Waals surface area contributed by atoms with Gasteiger partial charge >= 0.3 is 0 Å². The van der Waals surface area contributed by atoms with E-state index in [1.165, 1.54) is 6.07 Å². The van der Waals surface area contributed by atoms with Gasteiger partial charge in [0.15, 0.2) is 0 Å². The summed E-state index contributed by atoms with van der Waals surface area (Å²) in [6, 6.07) is 15.3. The molecular formula is C26H16Cl3FN2O. The summed E-state index contributed by atoms with van der Waals surface area (Å²) in [6.07, 6.45) is 0. The Labute approximate surface area is 205 Å². The lowest BCUT2D eigenvalue weighted by Crippen LogP contribution is -2.29. The molecule has 1 aliphatic rings. The summed E-state index contributed by atoms with van der Waals surface area (Å²) in [5.41, 5.74) is 3.11. The van der Waals surface area contributed by atoms with Crippen molar-refractivity contribution in [3.8, 4) is 40.2 Å². The molecule has 0 unspecified atom stereocenters. The highest BCUT2D eigenvalue weighted by Crippen LogP contribution is 2.45. The number of halogens is 4. The predicted molar refractivity (Wildman–Crippen MR) is 131 cm³/mol. The number of ether oxygens (including phenoxy) is 1. The number of rotatable bonds is 1. The molecule has 33 heavy (non-hydrogen) atoms. The molecule has 3 nitrogen and oxygen atoms in total. The lowest BCUT2D eigenvalue weighted by Gasteiger charge is -2.31. The molecule has 0 bridgehead atoms. The van der Waals surface area contributed by atoms with Crippen LogP contribution in [-0.2, 0) is 5.60 Å². The van der Waals surface area contributed by atoms with Crippen LogP contribution in [-0.4, -0.2) is 9.97 Å². The van der Waals surface area contributed by atoms with E-state index in [4.69, 9.17) is 44.5 Å². The van der Waals surface area contributed by atoms with Gasteiger partial charge in [0.2, 0.25) is 0 Å². The molecule has 0 spiro atoms. The molecule has 164 valence electrons. The fourth-order valence-electron chi connectivity index (χ4n) is 3.79. The van der Waals surface area contributed by atoms with Crippen molar-refractivity contribution in [3.05, 3.63) is 92.3 Å². The number of H-pyrrole nitrogens is 1. The molecule has 0 amide bonds. The van der Waals surface area contributed by atoms with E-state index in [9.17, 15) is 4.39 Å². The van der Waals surface area contributed by atoms with Crippen LogP contribution < -0.4 is 4.74 Å². The van der Waals surface area contributed by atoms with E-state index < -0.39 is 11.4 Å². The first-order valence-electron chi connectivity index (χ1n) is 10.1. The first-order valence-corrected chi connectivity index (χ1v) is 11.2. The summed E-state index contributed by atoms with van der Waals surface area (Å²) < 4.78 is 20.8. The Balaban J connectivity index is 1.58. The maximum Gasteiger partial charge on any atom is 0.145 e. The quantitative estimate of drug-likeness (QED) is 0.272. The molecule has 0 radical (unpaired) electrons. The predicted octanol–water partition coefficient (Wildman–Crippen LogP) is 7.87. The van der Waals surface area contributed by atoms with Gasteiger partial charge in [0.05, 0.1) is 27.0 Å². The lowest BCUT2D eigenvalue weighted by molar-refractivity contribution is 0.101. The third kappa shape index (κ3) is 3.98. The van der Waals surface area contributed by atoms with E-state index in [2.05, 4.69) is 16.8 Å². The van der Waals surface area contributed by atoms with Gasteiger partial charge in [0, 0.05) is 21.7 Å². The first kappa shape index (κ1) is 21.9. The molecule has 0 atom stereocenters. The van der Waals surface area contributed by atoms with Crippen molar-refractivity contribution >= 4 is 34.8 Å². The molecule has 4 aromatic rings. The summed E-state index contributed by atoms with van der Waals surface area (Å²) in [6.45, 7) is 3.84. The summed E-state index contributed by atoms with van der Waals surface area (Å²) in [5.74, 6) is 6.70. The van der Waals surface area contributed by atoms with Gasteiger partial charge in [-0.15, -0.1) is 0 Å². The van der Waals surface area contributed by atoms with E-state index in [0.29, 0.717) is 32.9 Å². The van der Waals surface area contributed by atoms with Crippen LogP contribution in [0.4, 0.5) is 4.39 Å². The Hall–Kier alpha value is -2.97. The number of aromatic amines is 1. The fraction of sp³-hybridized carbons (Fsp3) is 0.115. The van der Waals surface area contributed by atoms with Gasteiger partial charge in [-0.3, -0.25) is 0 Å². The third-order valence-corrected chi connectivity index (χ3v) is 6.26. The Kier molecular flexibility index (Phi) is 5.37. The van der Waals surface area contributed by atoms with Crippen LogP contribution in [0.15, 0.2) is 54.6 Å². The summed E-state index contributed by atoms with van der Waals surface area (Å²) in [5, 5.41) is 1.38. The van der Waals surface area contributed by atoms with Crippen LogP contribution in [0.2, 0.25) is 15.1 Å². The zero-order chi connectivity index (χ0) is 23.3. The highest BCUT2D eigenvalue weighted by atomic mass is 35.5. The average Bonchev–Trinajstić information content (AvgIpc) is 3.20. The number of nitrogens with one attached hydrogen (secondary N) is 1. The third-order valence-electron chi connectivity index (χ3n) is 5.38. The molecule has 1 N–H and O–H groups in total. The second-order valence-electron chi connectivity index (χ2n) is 8.10. The largest absolute Gasteiger partial charge is 0.481 e. The van der Waals surface area contributed by atoms with E-state index >= 15 is 0 Å². The second kappa shape index (κ2) is 8.11. The minimum atomic E-state index is -0.729. The highest BCUT2D eigenvalue weighted by molar-refractivity contribution is 6.34. The molecule has 7 heteroatoms. The Bertz CT molecular complexity index is 1460. The average molecular weight is 498 g/mol. The molecule has 0 saturated heterocycles. The molecule has 1 aromatic heterocycles. The number of aromatic nitrogens is 2. The number of imidazole rings is 1. The molecule has 0 fully saturated rings. The summed E-state index contributed by atoms with van der Waals surface area (Å²) >= 11 is 18.5. The van der Waals surface area contributed by atoms with E-state index in [1.54, 1.807) is 30.3 Å². The monoisotopic (exact) mass is 496 g/mol. The molecule has 1 aliphatic heterocycles. The van der Waals surface area contributed by atoms with Crippen LogP contribution in [0.25, 0.3) is 22.6 Å². The molecule has 0 aliphatic carbocycles. The first-order chi connectivity index (χ1) is 15.7. The van der Waals surface area contributed by atoms with Gasteiger partial charge in [-0.1, -0.05) is 52.7 Å². The van der Waals surface area contributed by atoms with Crippen LogP contribution >= 0.6 is 34.8 Å². The Morgan fingerprint density at radius 3 is 2.58 bits per heavy atom. The maximum absolute atomic E-state index is 14.5. The normalized spacial score (nSPS) is 13.4. The number of nitrogens with zero attached hydrogens (tertiary/aromatic N) is 1. The van der Waals surface area contributed by atoms with Gasteiger partial charge < -0.3 is 9.72 Å². The van der Waals surface area contributed by atoms with Gasteiger partial charge in [0.25, 0.3) is 0 Å². The number of hydrogen-bond acceptors (Lipinski definition) is 2. The smallest absolute Gasteiger partial charge is 0.145 e. The van der Waals surface area contributed by atoms with Crippen molar-refractivity contribution < 1.29 is 9.13 Å². The van der Waals surface area contributed by atoms with Crippen LogP contribution in [0.1, 0.15) is 30.7 Å². The van der Waals surface area contributed by atoms with E-state index in [1.807, 2.05) is 32.0 Å². The van der Waals surface area contributed by atoms with Gasteiger partial charge in [-0.2, -0.15) is 0 Å². The zero-order valence-electron chi connectivity index (χ0n) is 17.6. The van der Waals surface area contributed by atoms with Crippen molar-refractivity contribution in [3.63, 3.8) is 0 Å². The molecular weight excluding hydrogens is 482 g/mol. The van der Waals surface area contributed by atoms with Crippen molar-refractivity contribution in [2.24, 2.45) is 0 Å². The molecule has 0 saturated carbocycles. The number of hydrogen-bond donors (Lipinski definition) is 1. The lowest BCUT2D eigenvalue weighted by atomic mass is 9.94. The van der Waals surface area contributed by atoms with Crippen molar-refractivity contribution in [2.75, 3.05) is 0 Å². The standard InChI is InChI=1S/C26H16Cl3FN2O/c1-26(2)24-23(31-25(32-24)22-19(29)4-3-5-20(22)30)17-10-7-14(12-21(17)33-26)6-8-15-13-16(27)9-11-18(15)28/h3-5,7,9-13H,1-2H3,(H,31,32). The fourth-order valence-corrected chi connectivity index (χ4v) is 4.37. The van der Waals surface area contributed by atoms with Crippen molar-refractivity contribution in [1.82, 2.24) is 9.97 Å². The topological polar surface area (TPSA) is 37.9 Å². The number of benzene rings is 3. The zero-order valence-corrected chi connectivity index (χ0v) is 19.8. The number of fused-ring (bicyclic) bond motifs is 3. The van der Waals surface area contributed by atoms with Gasteiger partial charge in [-0.05, 0) is 62.4 Å². The SMILES string of the molecule is CC1(C)Oc2cc(C#Cc3cc(Cl)ccc3Cl)ccc2-c2nc(-c3c(F)cccc3Cl)[nH]c21. The Morgan fingerprint density at radius 1 is 0.970 bits per heavy atom. The minimum Gasteiger partial charge on any atom is -0.481 e. The Morgan fingerprint density at radius 2 is 1.79 bits per heavy atom. The van der Waals surface area contributed by atoms with E-state index in [-0.39, 0.29) is 10.6 Å². The van der Waals surface area contributed by atoms with Crippen LogP contribution in [0.5, 0.6) is 5.75 Å². The second-order valence-corrected chi connectivity index (χ2v) is 9.35. The van der Waals surface area contributed by atoms with E-state index in [0.717, 1.165) is 16.8 Å². The van der Waals surface area contributed by atoms with Crippen molar-refractivity contribution in [1.29, 1.82) is 0 Å². The summed E-state index contributed by atoms with van der Waals surface area (Å²) in [4.78, 5) is 7.92. The molecule has 3 aromatic carbocycles. The van der Waals surface area contributed by atoms with Gasteiger partial charge in [-0.25, -0.2) is 9.37 Å². The van der Waals surface area contributed by atoms with Gasteiger partial charge in [0.1, 0.15) is 23.0 Å². The molecule has 5 rings (SSSR count). The van der Waals surface area contributed by atoms with Crippen LogP contribution in [0, 0.1) is 17.7 Å². The van der Waals surface area contributed by atoms with Crippen LogP contribution in [0.3, 0.4) is 0 Å². The minimum absolute atomic E-state index is 0.229. The molecule has 2 heterocycles. The summed E-state index contributed by atoms with van der Waals surface area (Å²) in [7, 11) is 0. The highest BCUT2D eigenvalue weighted by Gasteiger charge is 2.36. The maximum atomic E-state index is 14.5. The van der Waals surface area contributed by atoms with Crippen molar-refractivity contribution in [2.45, 2.75) is 19.4 Å².